The lowest BCUT2D eigenvalue weighted by molar-refractivity contribution is -0.138. The molecule has 0 bridgehead atoms. The maximum absolute atomic E-state index is 10.7. The first kappa shape index (κ1) is 10.5. The van der Waals surface area contributed by atoms with Gasteiger partial charge in [-0.15, -0.1) is 0 Å². The fourth-order valence-corrected chi connectivity index (χ4v) is 1.35. The van der Waals surface area contributed by atoms with E-state index in [4.69, 9.17) is 15.6 Å². The van der Waals surface area contributed by atoms with Crippen molar-refractivity contribution in [2.75, 3.05) is 7.11 Å². The molecule has 0 aliphatic carbocycles. The summed E-state index contributed by atoms with van der Waals surface area (Å²) >= 11 is 0. The van der Waals surface area contributed by atoms with Gasteiger partial charge in [-0.3, -0.25) is 4.79 Å². The normalized spacial score (nSPS) is 12.2. The van der Waals surface area contributed by atoms with Crippen LogP contribution in [0, 0.1) is 6.92 Å². The fraction of sp³-hybridized carbons (Fsp3) is 0.300. The van der Waals surface area contributed by atoms with E-state index < -0.39 is 12.0 Å². The summed E-state index contributed by atoms with van der Waals surface area (Å²) in [6.45, 7) is 1.81. The molecular weight excluding hydrogens is 182 g/mol. The zero-order chi connectivity index (χ0) is 10.7. The van der Waals surface area contributed by atoms with Crippen molar-refractivity contribution in [3.63, 3.8) is 0 Å². The Labute approximate surface area is 82.3 Å². The Morgan fingerprint density at radius 3 is 2.71 bits per heavy atom. The highest BCUT2D eigenvalue weighted by atomic mass is 16.5. The third kappa shape index (κ3) is 1.85. The molecule has 0 saturated heterocycles. The van der Waals surface area contributed by atoms with Crippen molar-refractivity contribution in [3.05, 3.63) is 29.3 Å². The van der Waals surface area contributed by atoms with Crippen LogP contribution in [0.15, 0.2) is 18.2 Å². The third-order valence-corrected chi connectivity index (χ3v) is 2.08. The molecule has 1 aromatic rings. The van der Waals surface area contributed by atoms with Gasteiger partial charge in [0.1, 0.15) is 11.8 Å². The Morgan fingerprint density at radius 2 is 2.21 bits per heavy atom. The Balaban J connectivity index is 3.23. The number of carbonyl (C=O) groups is 1. The lowest BCUT2D eigenvalue weighted by Gasteiger charge is -2.14. The summed E-state index contributed by atoms with van der Waals surface area (Å²) in [4.78, 5) is 10.7. The summed E-state index contributed by atoms with van der Waals surface area (Å²) in [7, 11) is 1.49. The molecule has 0 radical (unpaired) electrons. The van der Waals surface area contributed by atoms with Gasteiger partial charge in [-0.05, 0) is 18.6 Å². The molecule has 4 heteroatoms. The SMILES string of the molecule is COc1cccc(C)c1[C@@H](N)C(=O)O. The zero-order valence-electron chi connectivity index (χ0n) is 8.15. The molecule has 0 unspecified atom stereocenters. The summed E-state index contributed by atoms with van der Waals surface area (Å²) in [6.07, 6.45) is 0. The molecule has 1 atom stereocenters. The van der Waals surface area contributed by atoms with E-state index in [0.717, 1.165) is 5.56 Å². The first-order valence-corrected chi connectivity index (χ1v) is 4.19. The summed E-state index contributed by atoms with van der Waals surface area (Å²) in [6, 6.07) is 4.27. The van der Waals surface area contributed by atoms with Crippen LogP contribution < -0.4 is 10.5 Å². The molecule has 14 heavy (non-hydrogen) atoms. The number of aliphatic carboxylic acids is 1. The minimum Gasteiger partial charge on any atom is -0.496 e. The molecule has 0 fully saturated rings. The molecule has 1 aromatic carbocycles. The molecule has 0 saturated carbocycles. The Hall–Kier alpha value is -1.55. The van der Waals surface area contributed by atoms with Crippen molar-refractivity contribution < 1.29 is 14.6 Å². The number of hydrogen-bond acceptors (Lipinski definition) is 3. The molecule has 0 amide bonds. The smallest absolute Gasteiger partial charge is 0.325 e. The fourth-order valence-electron chi connectivity index (χ4n) is 1.35. The standard InChI is InChI=1S/C10H13NO3/c1-6-4-3-5-7(14-2)8(6)9(11)10(12)13/h3-5,9H,11H2,1-2H3,(H,12,13)/t9-/m1/s1. The summed E-state index contributed by atoms with van der Waals surface area (Å²) < 4.78 is 5.05. The minimum atomic E-state index is -1.06. The van der Waals surface area contributed by atoms with Crippen molar-refractivity contribution in [1.82, 2.24) is 0 Å². The van der Waals surface area contributed by atoms with Crippen LogP contribution in [0.2, 0.25) is 0 Å². The van der Waals surface area contributed by atoms with Gasteiger partial charge in [0.05, 0.1) is 7.11 Å². The van der Waals surface area contributed by atoms with Gasteiger partial charge in [-0.1, -0.05) is 12.1 Å². The van der Waals surface area contributed by atoms with Gasteiger partial charge in [-0.25, -0.2) is 0 Å². The average molecular weight is 195 g/mol. The van der Waals surface area contributed by atoms with Crippen molar-refractivity contribution in [2.24, 2.45) is 5.73 Å². The van der Waals surface area contributed by atoms with Crippen LogP contribution in [0.3, 0.4) is 0 Å². The van der Waals surface area contributed by atoms with E-state index >= 15 is 0 Å². The maximum atomic E-state index is 10.7. The Morgan fingerprint density at radius 1 is 1.57 bits per heavy atom. The molecule has 4 nitrogen and oxygen atoms in total. The van der Waals surface area contributed by atoms with Crippen molar-refractivity contribution >= 4 is 5.97 Å². The molecule has 3 N–H and O–H groups in total. The number of hydrogen-bond donors (Lipinski definition) is 2. The van der Waals surface area contributed by atoms with Crippen LogP contribution in [0.25, 0.3) is 0 Å². The van der Waals surface area contributed by atoms with Crippen LogP contribution in [0.5, 0.6) is 5.75 Å². The van der Waals surface area contributed by atoms with E-state index in [1.807, 2.05) is 0 Å². The van der Waals surface area contributed by atoms with Crippen molar-refractivity contribution in [1.29, 1.82) is 0 Å². The topological polar surface area (TPSA) is 72.5 Å². The number of benzene rings is 1. The van der Waals surface area contributed by atoms with Crippen molar-refractivity contribution in [2.45, 2.75) is 13.0 Å². The minimum absolute atomic E-state index is 0.514. The van der Waals surface area contributed by atoms with Crippen LogP contribution in [0.1, 0.15) is 17.2 Å². The van der Waals surface area contributed by atoms with Crippen LogP contribution in [0.4, 0.5) is 0 Å². The van der Waals surface area contributed by atoms with Gasteiger partial charge in [0.25, 0.3) is 0 Å². The number of ether oxygens (including phenoxy) is 1. The highest BCUT2D eigenvalue weighted by Crippen LogP contribution is 2.26. The summed E-state index contributed by atoms with van der Waals surface area (Å²) in [5.74, 6) is -0.544. The first-order chi connectivity index (χ1) is 6.57. The molecule has 0 aliphatic heterocycles. The summed E-state index contributed by atoms with van der Waals surface area (Å²) in [5.41, 5.74) is 6.88. The van der Waals surface area contributed by atoms with Gasteiger partial charge < -0.3 is 15.6 Å². The number of aryl methyl sites for hydroxylation is 1. The van der Waals surface area contributed by atoms with Crippen LogP contribution >= 0.6 is 0 Å². The molecular formula is C10H13NO3. The Kier molecular flexibility index (Phi) is 3.09. The predicted octanol–water partition coefficient (Wildman–Crippen LogP) is 1.09. The molecule has 0 heterocycles. The third-order valence-electron chi connectivity index (χ3n) is 2.08. The van der Waals surface area contributed by atoms with Gasteiger partial charge >= 0.3 is 5.97 Å². The lowest BCUT2D eigenvalue weighted by Crippen LogP contribution is -2.22. The van der Waals surface area contributed by atoms with Gasteiger partial charge in [0.15, 0.2) is 0 Å². The second kappa shape index (κ2) is 4.11. The molecule has 0 aliphatic rings. The molecule has 76 valence electrons. The highest BCUT2D eigenvalue weighted by molar-refractivity contribution is 5.77. The predicted molar refractivity (Wildman–Crippen MR) is 52.3 cm³/mol. The number of carboxylic acid groups (broad SMARTS) is 1. The van der Waals surface area contributed by atoms with Gasteiger partial charge in [-0.2, -0.15) is 0 Å². The van der Waals surface area contributed by atoms with Gasteiger partial charge in [0.2, 0.25) is 0 Å². The van der Waals surface area contributed by atoms with E-state index in [-0.39, 0.29) is 0 Å². The molecule has 1 rings (SSSR count). The zero-order valence-corrected chi connectivity index (χ0v) is 8.15. The number of methoxy groups -OCH3 is 1. The number of carboxylic acids is 1. The quantitative estimate of drug-likeness (QED) is 0.757. The van der Waals surface area contributed by atoms with E-state index in [0.29, 0.717) is 11.3 Å². The number of nitrogens with two attached hydrogens (primary N) is 1. The summed E-state index contributed by atoms with van der Waals surface area (Å²) in [5, 5.41) is 8.80. The Bertz CT molecular complexity index is 349. The average Bonchev–Trinajstić information content (AvgIpc) is 2.16. The lowest BCUT2D eigenvalue weighted by atomic mass is 10.0. The van der Waals surface area contributed by atoms with Gasteiger partial charge in [0, 0.05) is 5.56 Å². The molecule has 0 aromatic heterocycles. The molecule has 0 spiro atoms. The number of rotatable bonds is 3. The van der Waals surface area contributed by atoms with Crippen molar-refractivity contribution in [3.8, 4) is 5.75 Å². The first-order valence-electron chi connectivity index (χ1n) is 4.19. The monoisotopic (exact) mass is 195 g/mol. The van der Waals surface area contributed by atoms with E-state index in [1.165, 1.54) is 7.11 Å². The van der Waals surface area contributed by atoms with E-state index in [1.54, 1.807) is 25.1 Å². The largest absolute Gasteiger partial charge is 0.496 e. The van der Waals surface area contributed by atoms with Crippen LogP contribution in [-0.4, -0.2) is 18.2 Å². The maximum Gasteiger partial charge on any atom is 0.325 e. The van der Waals surface area contributed by atoms with E-state index in [9.17, 15) is 4.79 Å². The highest BCUT2D eigenvalue weighted by Gasteiger charge is 2.20. The van der Waals surface area contributed by atoms with Crippen LogP contribution in [-0.2, 0) is 4.79 Å². The second-order valence-electron chi connectivity index (χ2n) is 3.01. The second-order valence-corrected chi connectivity index (χ2v) is 3.01. The van der Waals surface area contributed by atoms with E-state index in [2.05, 4.69) is 0 Å².